The summed E-state index contributed by atoms with van der Waals surface area (Å²) in [6.07, 6.45) is 5.09. The van der Waals surface area contributed by atoms with Crippen molar-refractivity contribution >= 4 is 11.6 Å². The summed E-state index contributed by atoms with van der Waals surface area (Å²) in [5.41, 5.74) is 8.28. The van der Waals surface area contributed by atoms with Gasteiger partial charge < -0.3 is 10.6 Å². The van der Waals surface area contributed by atoms with Gasteiger partial charge >= 0.3 is 0 Å². The zero-order chi connectivity index (χ0) is 13.9. The van der Waals surface area contributed by atoms with Gasteiger partial charge in [0.25, 0.3) is 0 Å². The Morgan fingerprint density at radius 2 is 2.10 bits per heavy atom. The molecule has 2 heterocycles. The molecule has 0 saturated carbocycles. The Kier molecular flexibility index (Phi) is 3.41. The van der Waals surface area contributed by atoms with Crippen molar-refractivity contribution in [1.82, 2.24) is 9.78 Å². The van der Waals surface area contributed by atoms with E-state index in [-0.39, 0.29) is 6.04 Å². The molecule has 0 fully saturated rings. The number of hydrogen-bond donors (Lipinski definition) is 1. The molecule has 5 nitrogen and oxygen atoms in total. The fourth-order valence-electron chi connectivity index (χ4n) is 2.56. The molecule has 1 aliphatic heterocycles. The van der Waals surface area contributed by atoms with Gasteiger partial charge in [-0.05, 0) is 18.6 Å². The van der Waals surface area contributed by atoms with Crippen LogP contribution in [-0.2, 0) is 6.54 Å². The molecule has 2 aromatic rings. The van der Waals surface area contributed by atoms with Crippen molar-refractivity contribution in [2.24, 2.45) is 10.7 Å². The molecule has 0 spiro atoms. The number of aryl methyl sites for hydroxylation is 1. The third kappa shape index (κ3) is 2.27. The maximum Gasteiger partial charge on any atom is 0.196 e. The molecule has 0 amide bonds. The maximum absolute atomic E-state index is 6.05. The van der Waals surface area contributed by atoms with E-state index in [2.05, 4.69) is 40.2 Å². The zero-order valence-electron chi connectivity index (χ0n) is 11.6. The first-order valence-electron chi connectivity index (χ1n) is 6.96. The van der Waals surface area contributed by atoms with Crippen LogP contribution in [0.1, 0.15) is 24.9 Å². The Balaban J connectivity index is 1.89. The predicted molar refractivity (Wildman–Crippen MR) is 80.7 cm³/mol. The molecule has 0 radical (unpaired) electrons. The van der Waals surface area contributed by atoms with Gasteiger partial charge in [-0.25, -0.2) is 0 Å². The largest absolute Gasteiger partial charge is 0.369 e. The van der Waals surface area contributed by atoms with Crippen molar-refractivity contribution in [1.29, 1.82) is 0 Å². The number of nitrogens with two attached hydrogens (primary N) is 1. The first-order chi connectivity index (χ1) is 9.79. The fraction of sp³-hybridized carbons (Fsp3) is 0.333. The Bertz CT molecular complexity index is 602. The monoisotopic (exact) mass is 269 g/mol. The number of rotatable bonds is 4. The molecule has 20 heavy (non-hydrogen) atoms. The Morgan fingerprint density at radius 3 is 2.85 bits per heavy atom. The Labute approximate surface area is 118 Å². The summed E-state index contributed by atoms with van der Waals surface area (Å²) >= 11 is 0. The van der Waals surface area contributed by atoms with Crippen LogP contribution in [0, 0.1) is 0 Å². The number of para-hydroxylation sites is 1. The first-order valence-corrected chi connectivity index (χ1v) is 6.96. The molecular weight excluding hydrogens is 250 g/mol. The SMILES string of the molecule is CCCn1cc(C2CN=C(N)N2c2ccccc2)cn1. The third-order valence-electron chi connectivity index (χ3n) is 3.51. The van der Waals surface area contributed by atoms with Gasteiger partial charge in [-0.15, -0.1) is 0 Å². The van der Waals surface area contributed by atoms with Crippen molar-refractivity contribution in [3.05, 3.63) is 48.3 Å². The lowest BCUT2D eigenvalue weighted by atomic mass is 10.1. The first kappa shape index (κ1) is 12.7. The highest BCUT2D eigenvalue weighted by atomic mass is 15.3. The van der Waals surface area contributed by atoms with Crippen LogP contribution in [0.3, 0.4) is 0 Å². The van der Waals surface area contributed by atoms with Crippen LogP contribution >= 0.6 is 0 Å². The second kappa shape index (κ2) is 5.36. The van der Waals surface area contributed by atoms with E-state index in [1.807, 2.05) is 29.1 Å². The zero-order valence-corrected chi connectivity index (χ0v) is 11.6. The maximum atomic E-state index is 6.05. The van der Waals surface area contributed by atoms with Crippen LogP contribution in [0.15, 0.2) is 47.7 Å². The Hall–Kier alpha value is -2.30. The highest BCUT2D eigenvalue weighted by Gasteiger charge is 2.29. The van der Waals surface area contributed by atoms with Gasteiger partial charge in [0.1, 0.15) is 0 Å². The lowest BCUT2D eigenvalue weighted by Crippen LogP contribution is -2.35. The van der Waals surface area contributed by atoms with E-state index >= 15 is 0 Å². The van der Waals surface area contributed by atoms with Crippen molar-refractivity contribution in [2.45, 2.75) is 25.9 Å². The molecule has 2 N–H and O–H groups in total. The number of hydrogen-bond acceptors (Lipinski definition) is 4. The van der Waals surface area contributed by atoms with E-state index in [1.165, 1.54) is 0 Å². The minimum absolute atomic E-state index is 0.142. The van der Waals surface area contributed by atoms with E-state index in [1.54, 1.807) is 0 Å². The molecule has 3 rings (SSSR count). The van der Waals surface area contributed by atoms with Gasteiger partial charge in [-0.3, -0.25) is 9.67 Å². The summed E-state index contributed by atoms with van der Waals surface area (Å²) in [6, 6.07) is 10.3. The van der Waals surface area contributed by atoms with Gasteiger partial charge in [0.15, 0.2) is 5.96 Å². The summed E-state index contributed by atoms with van der Waals surface area (Å²) in [5.74, 6) is 0.574. The average molecular weight is 269 g/mol. The van der Waals surface area contributed by atoms with E-state index in [9.17, 15) is 0 Å². The third-order valence-corrected chi connectivity index (χ3v) is 3.51. The van der Waals surface area contributed by atoms with Gasteiger partial charge in [-0.1, -0.05) is 25.1 Å². The minimum atomic E-state index is 0.142. The average Bonchev–Trinajstić information content (AvgIpc) is 3.07. The summed E-state index contributed by atoms with van der Waals surface area (Å²) in [4.78, 5) is 6.47. The van der Waals surface area contributed by atoms with E-state index in [0.717, 1.165) is 24.2 Å². The second-order valence-corrected chi connectivity index (χ2v) is 4.96. The van der Waals surface area contributed by atoms with Crippen molar-refractivity contribution < 1.29 is 0 Å². The van der Waals surface area contributed by atoms with Crippen LogP contribution in [0.2, 0.25) is 0 Å². The van der Waals surface area contributed by atoms with Gasteiger partial charge in [0.05, 0.1) is 18.8 Å². The highest BCUT2D eigenvalue weighted by molar-refractivity contribution is 5.97. The van der Waals surface area contributed by atoms with E-state index < -0.39 is 0 Å². The number of benzene rings is 1. The molecular formula is C15H19N5. The van der Waals surface area contributed by atoms with Gasteiger partial charge in [0.2, 0.25) is 0 Å². The highest BCUT2D eigenvalue weighted by Crippen LogP contribution is 2.30. The molecule has 1 unspecified atom stereocenters. The van der Waals surface area contributed by atoms with Crippen molar-refractivity contribution in [3.63, 3.8) is 0 Å². The predicted octanol–water partition coefficient (Wildman–Crippen LogP) is 2.17. The summed E-state index contributed by atoms with van der Waals surface area (Å²) in [6.45, 7) is 3.77. The molecule has 1 atom stereocenters. The van der Waals surface area contributed by atoms with E-state index in [4.69, 9.17) is 5.73 Å². The number of guanidine groups is 1. The van der Waals surface area contributed by atoms with Crippen molar-refractivity contribution in [3.8, 4) is 0 Å². The molecule has 1 aromatic carbocycles. The molecule has 104 valence electrons. The number of aliphatic imine (C=N–C) groups is 1. The summed E-state index contributed by atoms with van der Waals surface area (Å²) in [7, 11) is 0. The number of nitrogens with zero attached hydrogens (tertiary/aromatic N) is 4. The van der Waals surface area contributed by atoms with Crippen LogP contribution in [0.5, 0.6) is 0 Å². The molecule has 0 bridgehead atoms. The molecule has 1 aliphatic rings. The van der Waals surface area contributed by atoms with Crippen LogP contribution in [0.25, 0.3) is 0 Å². The lowest BCUT2D eigenvalue weighted by molar-refractivity contribution is 0.601. The lowest BCUT2D eigenvalue weighted by Gasteiger charge is -2.25. The van der Waals surface area contributed by atoms with Gasteiger partial charge in [0, 0.05) is 24.0 Å². The summed E-state index contributed by atoms with van der Waals surface area (Å²) < 4.78 is 1.98. The molecule has 5 heteroatoms. The number of aromatic nitrogens is 2. The summed E-state index contributed by atoms with van der Waals surface area (Å²) in [5, 5.41) is 4.40. The molecule has 0 saturated heterocycles. The quantitative estimate of drug-likeness (QED) is 0.925. The topological polar surface area (TPSA) is 59.4 Å². The smallest absolute Gasteiger partial charge is 0.196 e. The number of anilines is 1. The normalized spacial score (nSPS) is 18.4. The fourth-order valence-corrected chi connectivity index (χ4v) is 2.56. The molecule has 1 aromatic heterocycles. The van der Waals surface area contributed by atoms with Crippen LogP contribution < -0.4 is 10.6 Å². The van der Waals surface area contributed by atoms with Crippen LogP contribution in [-0.4, -0.2) is 22.3 Å². The second-order valence-electron chi connectivity index (χ2n) is 4.96. The standard InChI is InChI=1S/C15H19N5/c1-2-8-19-11-12(9-18-19)14-10-17-15(16)20(14)13-6-4-3-5-7-13/h3-7,9,11,14H,2,8,10H2,1H3,(H2,16,17). The van der Waals surface area contributed by atoms with Crippen LogP contribution in [0.4, 0.5) is 5.69 Å². The van der Waals surface area contributed by atoms with E-state index in [0.29, 0.717) is 12.5 Å². The van der Waals surface area contributed by atoms with Gasteiger partial charge in [-0.2, -0.15) is 5.10 Å². The molecule has 0 aliphatic carbocycles. The minimum Gasteiger partial charge on any atom is -0.369 e. The van der Waals surface area contributed by atoms with Crippen molar-refractivity contribution in [2.75, 3.05) is 11.4 Å². The Morgan fingerprint density at radius 1 is 1.30 bits per heavy atom.